The van der Waals surface area contributed by atoms with Crippen molar-refractivity contribution in [2.24, 2.45) is 7.05 Å². The van der Waals surface area contributed by atoms with Crippen LogP contribution in [0.25, 0.3) is 11.3 Å². The zero-order valence-corrected chi connectivity index (χ0v) is 19.9. The average molecular weight is 510 g/mol. The number of nitrogens with one attached hydrogen (secondary N) is 1. The fourth-order valence-electron chi connectivity index (χ4n) is 3.43. The summed E-state index contributed by atoms with van der Waals surface area (Å²) >= 11 is 5.65. The minimum Gasteiger partial charge on any atom is -0.383 e. The lowest BCUT2D eigenvalue weighted by atomic mass is 10.0. The molecule has 0 aliphatic rings. The Bertz CT molecular complexity index is 1530. The molecule has 2 aromatic heterocycles. The fourth-order valence-corrected chi connectivity index (χ4v) is 3.65. The van der Waals surface area contributed by atoms with Crippen molar-refractivity contribution in [1.82, 2.24) is 14.8 Å². The molecule has 2 aromatic carbocycles. The molecule has 0 fully saturated rings. The summed E-state index contributed by atoms with van der Waals surface area (Å²) in [4.78, 5) is 17.0. The molecule has 10 heteroatoms. The van der Waals surface area contributed by atoms with E-state index in [9.17, 15) is 18.0 Å². The van der Waals surface area contributed by atoms with E-state index in [1.54, 1.807) is 41.3 Å². The number of nitrogen functional groups attached to an aromatic ring is 1. The number of anilines is 2. The van der Waals surface area contributed by atoms with E-state index in [1.165, 1.54) is 6.07 Å². The normalized spacial score (nSPS) is 11.1. The summed E-state index contributed by atoms with van der Waals surface area (Å²) in [5, 5.41) is 6.17. The van der Waals surface area contributed by atoms with E-state index < -0.39 is 22.7 Å². The number of aromatic nitrogens is 3. The summed E-state index contributed by atoms with van der Waals surface area (Å²) in [6.45, 7) is 1.83. The highest BCUT2D eigenvalue weighted by molar-refractivity contribution is 6.31. The topological polar surface area (TPSA) is 85.8 Å². The number of hydrogen-bond acceptors (Lipinski definition) is 4. The summed E-state index contributed by atoms with van der Waals surface area (Å²) in [5.74, 6) is 5.68. The molecule has 36 heavy (non-hydrogen) atoms. The van der Waals surface area contributed by atoms with Crippen LogP contribution in [0.4, 0.5) is 24.7 Å². The van der Waals surface area contributed by atoms with Crippen LogP contribution < -0.4 is 11.1 Å². The lowest BCUT2D eigenvalue weighted by Crippen LogP contribution is -2.14. The fraction of sp³-hybridized carbons (Fsp3) is 0.115. The molecule has 0 radical (unpaired) electrons. The Morgan fingerprint density at radius 3 is 2.53 bits per heavy atom. The number of nitrogens with two attached hydrogens (primary N) is 1. The van der Waals surface area contributed by atoms with E-state index in [0.717, 1.165) is 29.0 Å². The lowest BCUT2D eigenvalue weighted by molar-refractivity contribution is -0.137. The Hall–Kier alpha value is -4.29. The third-order valence-electron chi connectivity index (χ3n) is 5.40. The van der Waals surface area contributed by atoms with Gasteiger partial charge in [0.05, 0.1) is 21.8 Å². The van der Waals surface area contributed by atoms with E-state index in [0.29, 0.717) is 11.1 Å². The van der Waals surface area contributed by atoms with E-state index >= 15 is 0 Å². The van der Waals surface area contributed by atoms with Gasteiger partial charge in [-0.15, -0.1) is 0 Å². The second-order valence-corrected chi connectivity index (χ2v) is 8.33. The van der Waals surface area contributed by atoms with Crippen molar-refractivity contribution in [3.05, 3.63) is 93.8 Å². The van der Waals surface area contributed by atoms with Crippen molar-refractivity contribution in [3.63, 3.8) is 0 Å². The molecular weight excluding hydrogens is 491 g/mol. The number of benzene rings is 2. The summed E-state index contributed by atoms with van der Waals surface area (Å²) in [5.41, 5.74) is 8.67. The van der Waals surface area contributed by atoms with Crippen molar-refractivity contribution < 1.29 is 18.0 Å². The predicted octanol–water partition coefficient (Wildman–Crippen LogP) is 5.70. The second-order valence-electron chi connectivity index (χ2n) is 7.92. The van der Waals surface area contributed by atoms with Gasteiger partial charge in [0.1, 0.15) is 5.82 Å². The molecule has 2 heterocycles. The van der Waals surface area contributed by atoms with Crippen LogP contribution in [0, 0.1) is 18.8 Å². The molecule has 6 nitrogen and oxygen atoms in total. The van der Waals surface area contributed by atoms with Gasteiger partial charge in [-0.2, -0.15) is 18.3 Å². The number of halogens is 4. The molecule has 4 aromatic rings. The van der Waals surface area contributed by atoms with Gasteiger partial charge in [-0.25, -0.2) is 4.98 Å². The van der Waals surface area contributed by atoms with Gasteiger partial charge in [0.25, 0.3) is 5.91 Å². The number of pyridine rings is 1. The molecule has 3 N–H and O–H groups in total. The monoisotopic (exact) mass is 509 g/mol. The van der Waals surface area contributed by atoms with Gasteiger partial charge in [0, 0.05) is 41.8 Å². The second kappa shape index (κ2) is 9.76. The molecule has 0 atom stereocenters. The third kappa shape index (κ3) is 5.34. The molecule has 0 aliphatic heterocycles. The van der Waals surface area contributed by atoms with E-state index in [1.807, 2.05) is 20.0 Å². The Morgan fingerprint density at radius 1 is 1.08 bits per heavy atom. The molecule has 0 saturated heterocycles. The molecule has 1 amide bonds. The van der Waals surface area contributed by atoms with Crippen LogP contribution in [-0.4, -0.2) is 20.7 Å². The summed E-state index contributed by atoms with van der Waals surface area (Å²) in [7, 11) is 1.81. The number of rotatable bonds is 3. The number of nitrogens with zero attached hydrogens (tertiary/aromatic N) is 3. The molecule has 0 aliphatic carbocycles. The van der Waals surface area contributed by atoms with Crippen LogP contribution in [0.3, 0.4) is 0 Å². The van der Waals surface area contributed by atoms with Crippen LogP contribution in [0.2, 0.25) is 5.02 Å². The standard InChI is InChI=1S/C26H19ClF3N5O/c1-15-3-4-18(25(36)34-20-7-8-22(27)21(13-20)26(28,29)30)11-16(15)5-6-17-12-19(14-32-24(17)31)23-9-10-33-35(23)2/h3-4,7-14H,1-2H3,(H2,31,32)(H,34,36). The van der Waals surface area contributed by atoms with Crippen LogP contribution in [-0.2, 0) is 13.2 Å². The maximum atomic E-state index is 13.1. The van der Waals surface area contributed by atoms with Crippen LogP contribution in [0.15, 0.2) is 60.9 Å². The highest BCUT2D eigenvalue weighted by atomic mass is 35.5. The molecular formula is C26H19ClF3N5O. The van der Waals surface area contributed by atoms with Gasteiger partial charge in [-0.3, -0.25) is 9.48 Å². The number of alkyl halides is 3. The lowest BCUT2D eigenvalue weighted by Gasteiger charge is -2.12. The first-order valence-electron chi connectivity index (χ1n) is 10.6. The Balaban J connectivity index is 1.61. The molecule has 182 valence electrons. The first-order chi connectivity index (χ1) is 17.0. The van der Waals surface area contributed by atoms with Crippen molar-refractivity contribution in [3.8, 4) is 23.1 Å². The number of carbonyl (C=O) groups excluding carboxylic acids is 1. The highest BCUT2D eigenvalue weighted by Gasteiger charge is 2.33. The van der Waals surface area contributed by atoms with Crippen LogP contribution in [0.1, 0.15) is 32.6 Å². The third-order valence-corrected chi connectivity index (χ3v) is 5.73. The average Bonchev–Trinajstić information content (AvgIpc) is 3.25. The smallest absolute Gasteiger partial charge is 0.383 e. The Morgan fingerprint density at radius 2 is 1.83 bits per heavy atom. The minimum absolute atomic E-state index is 0.0317. The zero-order chi connectivity index (χ0) is 26.0. The first kappa shape index (κ1) is 24.8. The molecule has 0 saturated carbocycles. The van der Waals surface area contributed by atoms with E-state index in [2.05, 4.69) is 27.2 Å². The highest BCUT2D eigenvalue weighted by Crippen LogP contribution is 2.36. The van der Waals surface area contributed by atoms with Crippen molar-refractivity contribution in [2.45, 2.75) is 13.1 Å². The van der Waals surface area contributed by atoms with Gasteiger partial charge in [-0.05, 0) is 55.0 Å². The summed E-state index contributed by atoms with van der Waals surface area (Å²) in [6, 6.07) is 11.7. The first-order valence-corrected chi connectivity index (χ1v) is 11.0. The molecule has 4 rings (SSSR count). The van der Waals surface area contributed by atoms with Crippen molar-refractivity contribution in [2.75, 3.05) is 11.1 Å². The van der Waals surface area contributed by atoms with E-state index in [4.69, 9.17) is 17.3 Å². The van der Waals surface area contributed by atoms with Gasteiger partial charge in [-0.1, -0.05) is 29.5 Å². The van der Waals surface area contributed by atoms with Gasteiger partial charge in [0.2, 0.25) is 0 Å². The van der Waals surface area contributed by atoms with Crippen molar-refractivity contribution in [1.29, 1.82) is 0 Å². The maximum Gasteiger partial charge on any atom is 0.417 e. The molecule has 0 unspecified atom stereocenters. The number of hydrogen-bond donors (Lipinski definition) is 2. The Kier molecular flexibility index (Phi) is 6.73. The number of aryl methyl sites for hydroxylation is 2. The van der Waals surface area contributed by atoms with E-state index in [-0.39, 0.29) is 17.1 Å². The SMILES string of the molecule is Cc1ccc(C(=O)Nc2ccc(Cl)c(C(F)(F)F)c2)cc1C#Cc1cc(-c2ccnn2C)cnc1N. The van der Waals surface area contributed by atoms with Gasteiger partial charge < -0.3 is 11.1 Å². The maximum absolute atomic E-state index is 13.1. The molecule has 0 spiro atoms. The zero-order valence-electron chi connectivity index (χ0n) is 19.1. The summed E-state index contributed by atoms with van der Waals surface area (Å²) in [6.07, 6.45) is -1.34. The Labute approximate surface area is 209 Å². The van der Waals surface area contributed by atoms with Crippen LogP contribution in [0.5, 0.6) is 0 Å². The van der Waals surface area contributed by atoms with Gasteiger partial charge in [0.15, 0.2) is 0 Å². The minimum atomic E-state index is -4.64. The quantitative estimate of drug-likeness (QED) is 0.347. The van der Waals surface area contributed by atoms with Gasteiger partial charge >= 0.3 is 6.18 Å². The van der Waals surface area contributed by atoms with Crippen LogP contribution >= 0.6 is 11.6 Å². The number of amides is 1. The largest absolute Gasteiger partial charge is 0.417 e. The predicted molar refractivity (Wildman–Crippen MR) is 132 cm³/mol. The molecule has 0 bridgehead atoms. The van der Waals surface area contributed by atoms with Crippen molar-refractivity contribution >= 4 is 29.0 Å². The number of carbonyl (C=O) groups is 1. The summed E-state index contributed by atoms with van der Waals surface area (Å²) < 4.78 is 41.1.